The molecule has 1 saturated heterocycles. The van der Waals surface area contributed by atoms with Crippen LogP contribution in [0.4, 0.5) is 0 Å². The summed E-state index contributed by atoms with van der Waals surface area (Å²) in [6.07, 6.45) is 2.01. The van der Waals surface area contributed by atoms with Crippen LogP contribution >= 0.6 is 0 Å². The van der Waals surface area contributed by atoms with Crippen molar-refractivity contribution in [3.8, 4) is 0 Å². The minimum atomic E-state index is -0.264. The van der Waals surface area contributed by atoms with Crippen molar-refractivity contribution in [2.45, 2.75) is 25.0 Å². The predicted molar refractivity (Wildman–Crippen MR) is 51.8 cm³/mol. The first kappa shape index (κ1) is 10.9. The Kier molecular flexibility index (Phi) is 5.31. The van der Waals surface area contributed by atoms with Crippen molar-refractivity contribution in [3.63, 3.8) is 0 Å². The van der Waals surface area contributed by atoms with Crippen LogP contribution in [0.5, 0.6) is 0 Å². The van der Waals surface area contributed by atoms with Crippen LogP contribution in [0.2, 0.25) is 0 Å². The van der Waals surface area contributed by atoms with Gasteiger partial charge in [-0.25, -0.2) is 0 Å². The minimum absolute atomic E-state index is 0.264. The molecule has 0 radical (unpaired) electrons. The van der Waals surface area contributed by atoms with E-state index >= 15 is 0 Å². The van der Waals surface area contributed by atoms with Gasteiger partial charge < -0.3 is 20.5 Å². The van der Waals surface area contributed by atoms with Gasteiger partial charge in [-0.1, -0.05) is 0 Å². The van der Waals surface area contributed by atoms with E-state index in [-0.39, 0.29) is 12.1 Å². The molecule has 13 heavy (non-hydrogen) atoms. The summed E-state index contributed by atoms with van der Waals surface area (Å²) in [5, 5.41) is 16.1. The van der Waals surface area contributed by atoms with Crippen LogP contribution < -0.4 is 10.6 Å². The Labute approximate surface area is 79.7 Å². The van der Waals surface area contributed by atoms with E-state index in [1.54, 1.807) is 7.11 Å². The second-order valence-corrected chi connectivity index (χ2v) is 3.47. The number of hydrogen-bond donors (Lipinski definition) is 3. The molecule has 1 heterocycles. The molecule has 4 heteroatoms. The Morgan fingerprint density at radius 1 is 1.69 bits per heavy atom. The maximum Gasteiger partial charge on any atom is 0.0817 e. The molecule has 1 aliphatic rings. The summed E-state index contributed by atoms with van der Waals surface area (Å²) >= 11 is 0. The molecule has 2 unspecified atom stereocenters. The molecule has 0 amide bonds. The maximum atomic E-state index is 9.68. The summed E-state index contributed by atoms with van der Waals surface area (Å²) in [7, 11) is 1.68. The highest BCUT2D eigenvalue weighted by Gasteiger charge is 2.21. The predicted octanol–water partition coefficient (Wildman–Crippen LogP) is -0.665. The summed E-state index contributed by atoms with van der Waals surface area (Å²) in [5.74, 6) is 0. The first-order chi connectivity index (χ1) is 6.34. The summed E-state index contributed by atoms with van der Waals surface area (Å²) in [5.41, 5.74) is 0. The van der Waals surface area contributed by atoms with Crippen molar-refractivity contribution in [3.05, 3.63) is 0 Å². The summed E-state index contributed by atoms with van der Waals surface area (Å²) in [6.45, 7) is 3.20. The molecule has 1 rings (SSSR count). The number of ether oxygens (including phenoxy) is 1. The molecule has 0 aromatic carbocycles. The first-order valence-electron chi connectivity index (χ1n) is 4.95. The molecule has 0 aliphatic carbocycles. The quantitative estimate of drug-likeness (QED) is 0.484. The van der Waals surface area contributed by atoms with Crippen molar-refractivity contribution in [1.82, 2.24) is 10.6 Å². The lowest BCUT2D eigenvalue weighted by atomic mass is 10.1. The molecule has 1 aliphatic heterocycles. The van der Waals surface area contributed by atoms with Gasteiger partial charge in [0.25, 0.3) is 0 Å². The third-order valence-corrected chi connectivity index (χ3v) is 2.40. The highest BCUT2D eigenvalue weighted by Crippen LogP contribution is 2.08. The minimum Gasteiger partial charge on any atom is -0.390 e. The van der Waals surface area contributed by atoms with Crippen LogP contribution in [0.3, 0.4) is 0 Å². The zero-order valence-corrected chi connectivity index (χ0v) is 8.25. The second kappa shape index (κ2) is 6.32. The zero-order chi connectivity index (χ0) is 9.52. The Morgan fingerprint density at radius 2 is 2.54 bits per heavy atom. The fraction of sp³-hybridized carbons (Fsp3) is 1.00. The van der Waals surface area contributed by atoms with Crippen LogP contribution in [0, 0.1) is 0 Å². The van der Waals surface area contributed by atoms with Crippen molar-refractivity contribution >= 4 is 0 Å². The molecule has 0 bridgehead atoms. The Hall–Kier alpha value is -0.160. The van der Waals surface area contributed by atoms with E-state index < -0.39 is 0 Å². The molecular formula is C9H20N2O2. The first-order valence-corrected chi connectivity index (χ1v) is 4.95. The third kappa shape index (κ3) is 4.04. The van der Waals surface area contributed by atoms with Gasteiger partial charge in [-0.05, 0) is 19.4 Å². The number of methoxy groups -OCH3 is 1. The van der Waals surface area contributed by atoms with Gasteiger partial charge in [0.1, 0.15) is 0 Å². The monoisotopic (exact) mass is 188 g/mol. The molecule has 0 saturated carbocycles. The topological polar surface area (TPSA) is 53.5 Å². The lowest BCUT2D eigenvalue weighted by molar-refractivity contribution is 0.128. The average Bonchev–Trinajstić information content (AvgIpc) is 2.65. The average molecular weight is 188 g/mol. The van der Waals surface area contributed by atoms with Crippen LogP contribution in [0.1, 0.15) is 12.8 Å². The molecule has 78 valence electrons. The lowest BCUT2D eigenvalue weighted by Crippen LogP contribution is -2.42. The van der Waals surface area contributed by atoms with Crippen LogP contribution in [-0.2, 0) is 4.74 Å². The van der Waals surface area contributed by atoms with Crippen LogP contribution in [0.25, 0.3) is 0 Å². The molecule has 4 nitrogen and oxygen atoms in total. The number of aliphatic hydroxyl groups is 1. The molecule has 0 spiro atoms. The van der Waals surface area contributed by atoms with E-state index in [1.165, 1.54) is 6.42 Å². The van der Waals surface area contributed by atoms with Gasteiger partial charge in [0.2, 0.25) is 0 Å². The number of aliphatic hydroxyl groups excluding tert-OH is 1. The van der Waals surface area contributed by atoms with Gasteiger partial charge >= 0.3 is 0 Å². The van der Waals surface area contributed by atoms with E-state index in [0.29, 0.717) is 13.2 Å². The fourth-order valence-corrected chi connectivity index (χ4v) is 1.61. The van der Waals surface area contributed by atoms with Crippen LogP contribution in [-0.4, -0.2) is 50.6 Å². The SMILES string of the molecule is COCCNCC(O)C1CCCN1. The maximum absolute atomic E-state index is 9.68. The highest BCUT2D eigenvalue weighted by atomic mass is 16.5. The number of hydrogen-bond acceptors (Lipinski definition) is 4. The van der Waals surface area contributed by atoms with Crippen molar-refractivity contribution in [1.29, 1.82) is 0 Å². The molecular weight excluding hydrogens is 168 g/mol. The Morgan fingerprint density at radius 3 is 3.15 bits per heavy atom. The Balaban J connectivity index is 1.99. The van der Waals surface area contributed by atoms with Crippen LogP contribution in [0.15, 0.2) is 0 Å². The third-order valence-electron chi connectivity index (χ3n) is 2.40. The van der Waals surface area contributed by atoms with E-state index in [1.807, 2.05) is 0 Å². The summed E-state index contributed by atoms with van der Waals surface area (Å²) in [4.78, 5) is 0. The number of nitrogens with one attached hydrogen (secondary N) is 2. The molecule has 2 atom stereocenters. The van der Waals surface area contributed by atoms with Gasteiger partial charge in [-0.3, -0.25) is 0 Å². The zero-order valence-electron chi connectivity index (χ0n) is 8.25. The number of rotatable bonds is 6. The summed E-state index contributed by atoms with van der Waals surface area (Å²) < 4.78 is 4.89. The lowest BCUT2D eigenvalue weighted by Gasteiger charge is -2.18. The normalized spacial score (nSPS) is 24.9. The fourth-order valence-electron chi connectivity index (χ4n) is 1.61. The van der Waals surface area contributed by atoms with Gasteiger partial charge in [0.05, 0.1) is 12.7 Å². The molecule has 3 N–H and O–H groups in total. The van der Waals surface area contributed by atoms with Crippen molar-refractivity contribution in [2.75, 3.05) is 33.4 Å². The molecule has 1 fully saturated rings. The summed E-state index contributed by atoms with van der Waals surface area (Å²) in [6, 6.07) is 0.287. The van der Waals surface area contributed by atoms with E-state index in [0.717, 1.165) is 19.5 Å². The van der Waals surface area contributed by atoms with Gasteiger partial charge in [-0.2, -0.15) is 0 Å². The van der Waals surface area contributed by atoms with Gasteiger partial charge in [-0.15, -0.1) is 0 Å². The molecule has 0 aromatic rings. The van der Waals surface area contributed by atoms with Crippen molar-refractivity contribution < 1.29 is 9.84 Å². The van der Waals surface area contributed by atoms with Gasteiger partial charge in [0.15, 0.2) is 0 Å². The molecule has 0 aromatic heterocycles. The van der Waals surface area contributed by atoms with E-state index in [2.05, 4.69) is 10.6 Å². The Bertz CT molecular complexity index is 127. The smallest absolute Gasteiger partial charge is 0.0817 e. The van der Waals surface area contributed by atoms with E-state index in [9.17, 15) is 5.11 Å². The van der Waals surface area contributed by atoms with Crippen molar-refractivity contribution in [2.24, 2.45) is 0 Å². The second-order valence-electron chi connectivity index (χ2n) is 3.47. The van der Waals surface area contributed by atoms with Gasteiger partial charge in [0, 0.05) is 26.2 Å². The highest BCUT2D eigenvalue weighted by molar-refractivity contribution is 4.82. The van der Waals surface area contributed by atoms with E-state index in [4.69, 9.17) is 4.74 Å². The largest absolute Gasteiger partial charge is 0.390 e. The standard InChI is InChI=1S/C9H20N2O2/c1-13-6-5-10-7-9(12)8-3-2-4-11-8/h8-12H,2-7H2,1H3.